The van der Waals surface area contributed by atoms with Crippen molar-refractivity contribution < 1.29 is 13.9 Å². The predicted octanol–water partition coefficient (Wildman–Crippen LogP) is 2.04. The van der Waals surface area contributed by atoms with Gasteiger partial charge in [0, 0.05) is 38.6 Å². The highest BCUT2D eigenvalue weighted by atomic mass is 16.5. The smallest absolute Gasteiger partial charge is 0.290 e. The highest BCUT2D eigenvalue weighted by Crippen LogP contribution is 2.35. The Morgan fingerprint density at radius 1 is 1.38 bits per heavy atom. The van der Waals surface area contributed by atoms with Gasteiger partial charge in [0.2, 0.25) is 0 Å². The zero-order valence-corrected chi connectivity index (χ0v) is 14.3. The highest BCUT2D eigenvalue weighted by Gasteiger charge is 2.41. The molecule has 0 bridgehead atoms. The Kier molecular flexibility index (Phi) is 3.68. The van der Waals surface area contributed by atoms with Gasteiger partial charge in [-0.1, -0.05) is 0 Å². The molecule has 0 radical (unpaired) electrons. The van der Waals surface area contributed by atoms with Crippen molar-refractivity contribution in [2.24, 2.45) is 0 Å². The van der Waals surface area contributed by atoms with E-state index in [1.54, 1.807) is 7.11 Å². The van der Waals surface area contributed by atoms with Crippen molar-refractivity contribution in [1.82, 2.24) is 19.7 Å². The quantitative estimate of drug-likeness (QED) is 0.861. The number of carbonyl (C=O) groups excluding carboxylic acids is 1. The van der Waals surface area contributed by atoms with Crippen molar-refractivity contribution in [3.8, 4) is 0 Å². The second-order valence-corrected chi connectivity index (χ2v) is 6.67. The van der Waals surface area contributed by atoms with Gasteiger partial charge < -0.3 is 18.6 Å². The minimum absolute atomic E-state index is 0.00432. The number of likely N-dealkylation sites (tertiary alicyclic amines) is 1. The van der Waals surface area contributed by atoms with Crippen molar-refractivity contribution in [3.63, 3.8) is 0 Å². The third-order valence-corrected chi connectivity index (χ3v) is 5.03. The first-order valence-corrected chi connectivity index (χ1v) is 8.41. The van der Waals surface area contributed by atoms with E-state index in [0.717, 1.165) is 48.8 Å². The number of hydrogen-bond donors (Lipinski definition) is 0. The summed E-state index contributed by atoms with van der Waals surface area (Å²) in [6.45, 7) is 5.22. The molecule has 24 heavy (non-hydrogen) atoms. The molecule has 2 aliphatic heterocycles. The Bertz CT molecular complexity index is 779. The summed E-state index contributed by atoms with van der Waals surface area (Å²) in [6.07, 6.45) is 2.78. The lowest BCUT2D eigenvalue weighted by Crippen LogP contribution is -2.33. The van der Waals surface area contributed by atoms with Crippen LogP contribution in [0.15, 0.2) is 10.5 Å². The number of aryl methyl sites for hydroxylation is 3. The largest absolute Gasteiger partial charge is 0.456 e. The van der Waals surface area contributed by atoms with Crippen LogP contribution in [0, 0.1) is 13.8 Å². The Morgan fingerprint density at radius 2 is 2.21 bits per heavy atom. The summed E-state index contributed by atoms with van der Waals surface area (Å²) < 4.78 is 13.3. The second kappa shape index (κ2) is 5.73. The van der Waals surface area contributed by atoms with Gasteiger partial charge in [-0.15, -0.1) is 10.2 Å². The normalized spacial score (nSPS) is 23.0. The minimum atomic E-state index is -0.119. The van der Waals surface area contributed by atoms with Gasteiger partial charge in [-0.25, -0.2) is 0 Å². The van der Waals surface area contributed by atoms with E-state index >= 15 is 0 Å². The fourth-order valence-corrected chi connectivity index (χ4v) is 3.84. The molecule has 128 valence electrons. The molecule has 2 aromatic rings. The molecule has 1 amide bonds. The Hall–Kier alpha value is -2.15. The third kappa shape index (κ3) is 2.34. The summed E-state index contributed by atoms with van der Waals surface area (Å²) in [7, 11) is 1.69. The zero-order valence-electron chi connectivity index (χ0n) is 14.3. The summed E-state index contributed by atoms with van der Waals surface area (Å²) in [5.74, 6) is 2.95. The first-order chi connectivity index (χ1) is 11.6. The third-order valence-electron chi connectivity index (χ3n) is 5.03. The van der Waals surface area contributed by atoms with Gasteiger partial charge in [-0.2, -0.15) is 0 Å². The number of rotatable bonds is 3. The molecule has 1 fully saturated rings. The molecule has 4 heterocycles. The molecule has 0 unspecified atom stereocenters. The van der Waals surface area contributed by atoms with Gasteiger partial charge in [-0.05, 0) is 26.3 Å². The molecule has 7 heteroatoms. The van der Waals surface area contributed by atoms with Crippen LogP contribution in [0.4, 0.5) is 0 Å². The van der Waals surface area contributed by atoms with E-state index in [1.165, 1.54) is 0 Å². The van der Waals surface area contributed by atoms with Gasteiger partial charge in [0.15, 0.2) is 11.6 Å². The molecule has 0 saturated carbocycles. The van der Waals surface area contributed by atoms with E-state index in [1.807, 2.05) is 24.8 Å². The van der Waals surface area contributed by atoms with Crippen LogP contribution < -0.4 is 0 Å². The first kappa shape index (κ1) is 15.4. The topological polar surface area (TPSA) is 73.4 Å². The molecule has 2 atom stereocenters. The number of hydrogen-bond acceptors (Lipinski definition) is 5. The maximum absolute atomic E-state index is 13.1. The average Bonchev–Trinajstić information content (AvgIpc) is 3.28. The molecular formula is C17H22N4O3. The summed E-state index contributed by atoms with van der Waals surface area (Å²) >= 11 is 0. The van der Waals surface area contributed by atoms with E-state index in [-0.39, 0.29) is 18.1 Å². The predicted molar refractivity (Wildman–Crippen MR) is 85.7 cm³/mol. The molecule has 0 spiro atoms. The fourth-order valence-electron chi connectivity index (χ4n) is 3.84. The van der Waals surface area contributed by atoms with Crippen LogP contribution in [0.2, 0.25) is 0 Å². The zero-order chi connectivity index (χ0) is 16.8. The maximum Gasteiger partial charge on any atom is 0.290 e. The average molecular weight is 330 g/mol. The Morgan fingerprint density at radius 3 is 2.92 bits per heavy atom. The Balaban J connectivity index is 1.69. The lowest BCUT2D eigenvalue weighted by atomic mass is 10.1. The molecule has 0 aromatic carbocycles. The monoisotopic (exact) mass is 330 g/mol. The maximum atomic E-state index is 13.1. The first-order valence-electron chi connectivity index (χ1n) is 8.41. The van der Waals surface area contributed by atoms with Crippen LogP contribution >= 0.6 is 0 Å². The van der Waals surface area contributed by atoms with E-state index in [0.29, 0.717) is 12.3 Å². The SMILES string of the molecule is CO[C@@H]1C[C@@H](c2nnc3n2CCC3)N(C(=O)c2oc(C)cc2C)C1. The number of carbonyl (C=O) groups is 1. The van der Waals surface area contributed by atoms with Gasteiger partial charge in [0.05, 0.1) is 12.1 Å². The minimum Gasteiger partial charge on any atom is -0.456 e. The number of methoxy groups -OCH3 is 1. The standard InChI is InChI=1S/C17H22N4O3/c1-10-7-11(2)24-15(10)17(22)21-9-12(23-3)8-13(21)16-19-18-14-5-4-6-20(14)16/h7,12-13H,4-6,8-9H2,1-3H3/t12-,13+/m1/s1. The van der Waals surface area contributed by atoms with Gasteiger partial charge >= 0.3 is 0 Å². The molecule has 4 rings (SSSR count). The highest BCUT2D eigenvalue weighted by molar-refractivity contribution is 5.93. The number of aromatic nitrogens is 3. The van der Waals surface area contributed by atoms with E-state index in [9.17, 15) is 4.79 Å². The van der Waals surface area contributed by atoms with Crippen molar-refractivity contribution >= 4 is 5.91 Å². The number of furan rings is 1. The molecular weight excluding hydrogens is 308 g/mol. The summed E-state index contributed by atoms with van der Waals surface area (Å²) in [5, 5.41) is 8.67. The van der Waals surface area contributed by atoms with Gasteiger partial charge in [-0.3, -0.25) is 4.79 Å². The molecule has 2 aromatic heterocycles. The molecule has 0 aliphatic carbocycles. The number of fused-ring (bicyclic) bond motifs is 1. The number of amides is 1. The number of ether oxygens (including phenoxy) is 1. The van der Waals surface area contributed by atoms with E-state index in [4.69, 9.17) is 9.15 Å². The number of nitrogens with zero attached hydrogens (tertiary/aromatic N) is 4. The second-order valence-electron chi connectivity index (χ2n) is 6.67. The van der Waals surface area contributed by atoms with Crippen LogP contribution in [-0.2, 0) is 17.7 Å². The van der Waals surface area contributed by atoms with Crippen molar-refractivity contribution in [1.29, 1.82) is 0 Å². The van der Waals surface area contributed by atoms with Crippen LogP contribution in [0.3, 0.4) is 0 Å². The summed E-state index contributed by atoms with van der Waals surface area (Å²) in [5.41, 5.74) is 0.864. The lowest BCUT2D eigenvalue weighted by Gasteiger charge is -2.23. The Labute approximate surface area is 140 Å². The summed E-state index contributed by atoms with van der Waals surface area (Å²) in [4.78, 5) is 14.9. The van der Waals surface area contributed by atoms with Crippen LogP contribution in [0.25, 0.3) is 0 Å². The van der Waals surface area contributed by atoms with Crippen LogP contribution in [0.1, 0.15) is 52.4 Å². The van der Waals surface area contributed by atoms with Crippen LogP contribution in [0.5, 0.6) is 0 Å². The van der Waals surface area contributed by atoms with Gasteiger partial charge in [0.1, 0.15) is 11.6 Å². The van der Waals surface area contributed by atoms with Crippen molar-refractivity contribution in [2.75, 3.05) is 13.7 Å². The van der Waals surface area contributed by atoms with E-state index in [2.05, 4.69) is 14.8 Å². The lowest BCUT2D eigenvalue weighted by molar-refractivity contribution is 0.0650. The van der Waals surface area contributed by atoms with Crippen LogP contribution in [-0.4, -0.2) is 45.3 Å². The fraction of sp³-hybridized carbons (Fsp3) is 0.588. The molecule has 2 aliphatic rings. The molecule has 0 N–H and O–H groups in total. The van der Waals surface area contributed by atoms with E-state index < -0.39 is 0 Å². The van der Waals surface area contributed by atoms with Gasteiger partial charge in [0.25, 0.3) is 5.91 Å². The van der Waals surface area contributed by atoms with Crippen molar-refractivity contribution in [2.45, 2.75) is 51.8 Å². The molecule has 7 nitrogen and oxygen atoms in total. The van der Waals surface area contributed by atoms with Crippen molar-refractivity contribution in [3.05, 3.63) is 34.8 Å². The molecule has 1 saturated heterocycles. The summed E-state index contributed by atoms with van der Waals surface area (Å²) in [6, 6.07) is 1.77.